The van der Waals surface area contributed by atoms with Crippen molar-refractivity contribution in [2.45, 2.75) is 72.4 Å². The maximum atomic E-state index is 12.3. The summed E-state index contributed by atoms with van der Waals surface area (Å²) in [5.41, 5.74) is -0.130. The van der Waals surface area contributed by atoms with Crippen LogP contribution in [-0.4, -0.2) is 30.9 Å². The summed E-state index contributed by atoms with van der Waals surface area (Å²) in [6.07, 6.45) is 7.44. The summed E-state index contributed by atoms with van der Waals surface area (Å²) in [6, 6.07) is 0.205. The Labute approximate surface area is 147 Å². The third kappa shape index (κ3) is 4.53. The molecule has 24 heavy (non-hydrogen) atoms. The molecule has 0 radical (unpaired) electrons. The number of allylic oxidation sites excluding steroid dienone is 1. The van der Waals surface area contributed by atoms with E-state index in [0.29, 0.717) is 23.9 Å². The van der Waals surface area contributed by atoms with Crippen molar-refractivity contribution in [1.29, 1.82) is 0 Å². The Bertz CT molecular complexity index is 464. The van der Waals surface area contributed by atoms with E-state index in [1.165, 1.54) is 12.8 Å². The molecular formula is C20H35NO3. The van der Waals surface area contributed by atoms with E-state index in [-0.39, 0.29) is 12.1 Å². The van der Waals surface area contributed by atoms with Gasteiger partial charge in [-0.3, -0.25) is 0 Å². The van der Waals surface area contributed by atoms with Crippen LogP contribution in [0.1, 0.15) is 60.8 Å². The third-order valence-corrected chi connectivity index (χ3v) is 5.78. The van der Waals surface area contributed by atoms with E-state index >= 15 is 0 Å². The van der Waals surface area contributed by atoms with Gasteiger partial charge >= 0.3 is 6.09 Å². The van der Waals surface area contributed by atoms with Crippen LogP contribution in [0, 0.1) is 23.2 Å². The lowest BCUT2D eigenvalue weighted by atomic mass is 9.44. The normalized spacial score (nSPS) is 31.6. The number of fused-ring (bicyclic) bond motifs is 2. The number of rotatable bonds is 6. The lowest BCUT2D eigenvalue weighted by Gasteiger charge is -2.62. The van der Waals surface area contributed by atoms with Gasteiger partial charge in [0.1, 0.15) is 5.60 Å². The summed E-state index contributed by atoms with van der Waals surface area (Å²) >= 11 is 0. The lowest BCUT2D eigenvalue weighted by molar-refractivity contribution is -0.113. The van der Waals surface area contributed by atoms with E-state index < -0.39 is 5.60 Å². The van der Waals surface area contributed by atoms with Gasteiger partial charge in [-0.25, -0.2) is 4.79 Å². The van der Waals surface area contributed by atoms with Crippen molar-refractivity contribution in [3.63, 3.8) is 0 Å². The van der Waals surface area contributed by atoms with E-state index in [2.05, 4.69) is 31.3 Å². The van der Waals surface area contributed by atoms with Crippen LogP contribution in [-0.2, 0) is 9.47 Å². The summed E-state index contributed by atoms with van der Waals surface area (Å²) in [7, 11) is 0. The molecule has 0 heterocycles. The van der Waals surface area contributed by atoms with Crippen LogP contribution in [0.3, 0.4) is 0 Å². The van der Waals surface area contributed by atoms with Gasteiger partial charge in [-0.1, -0.05) is 26.0 Å². The molecule has 0 aromatic heterocycles. The van der Waals surface area contributed by atoms with Crippen LogP contribution >= 0.6 is 0 Å². The Kier molecular flexibility index (Phi) is 6.00. The predicted octanol–water partition coefficient (Wildman–Crippen LogP) is 4.54. The Hall–Kier alpha value is -1.03. The fourth-order valence-corrected chi connectivity index (χ4v) is 4.34. The van der Waals surface area contributed by atoms with Crippen molar-refractivity contribution in [1.82, 2.24) is 5.32 Å². The van der Waals surface area contributed by atoms with Gasteiger partial charge in [0.25, 0.3) is 0 Å². The molecule has 3 aliphatic carbocycles. The number of alkyl carbamates (subject to hydrolysis) is 1. The van der Waals surface area contributed by atoms with Gasteiger partial charge in [-0.05, 0) is 70.1 Å². The molecule has 0 aliphatic heterocycles. The zero-order chi connectivity index (χ0) is 18.0. The van der Waals surface area contributed by atoms with E-state index in [0.717, 1.165) is 18.9 Å². The number of ether oxygens (including phenoxy) is 2. The second-order valence-electron chi connectivity index (χ2n) is 8.89. The third-order valence-electron chi connectivity index (χ3n) is 5.78. The smallest absolute Gasteiger partial charge is 0.407 e. The van der Waals surface area contributed by atoms with Crippen molar-refractivity contribution in [2.24, 2.45) is 23.2 Å². The molecule has 0 aromatic carbocycles. The zero-order valence-corrected chi connectivity index (χ0v) is 16.2. The van der Waals surface area contributed by atoms with Crippen LogP contribution < -0.4 is 5.32 Å². The molecule has 2 bridgehead atoms. The van der Waals surface area contributed by atoms with Crippen molar-refractivity contribution in [3.8, 4) is 0 Å². The summed E-state index contributed by atoms with van der Waals surface area (Å²) in [4.78, 5) is 12.3. The van der Waals surface area contributed by atoms with E-state index in [9.17, 15) is 4.79 Å². The Morgan fingerprint density at radius 2 is 1.96 bits per heavy atom. The molecule has 0 aromatic rings. The molecule has 1 amide bonds. The predicted molar refractivity (Wildman–Crippen MR) is 96.9 cm³/mol. The summed E-state index contributed by atoms with van der Waals surface area (Å²) < 4.78 is 10.8. The van der Waals surface area contributed by atoms with Crippen LogP contribution in [0.2, 0.25) is 0 Å². The molecule has 1 N–H and O–H groups in total. The summed E-state index contributed by atoms with van der Waals surface area (Å²) in [5, 5.41) is 3.19. The Balaban J connectivity index is 1.98. The van der Waals surface area contributed by atoms with Gasteiger partial charge in [-0.15, -0.1) is 0 Å². The second-order valence-corrected chi connectivity index (χ2v) is 8.89. The first-order chi connectivity index (χ1) is 11.1. The minimum atomic E-state index is -0.455. The molecule has 0 saturated heterocycles. The SMILES string of the molecule is CCOC/C=C\C[C@H]1C[C@@H]2C[C@H]([C@@H]1NC(=O)OC(C)(C)C)C2(C)C. The molecule has 4 heteroatoms. The number of hydrogen-bond acceptors (Lipinski definition) is 3. The minimum Gasteiger partial charge on any atom is -0.444 e. The average Bonchev–Trinajstić information content (AvgIpc) is 2.45. The average molecular weight is 338 g/mol. The first-order valence-corrected chi connectivity index (χ1v) is 9.37. The van der Waals surface area contributed by atoms with Crippen molar-refractivity contribution < 1.29 is 14.3 Å². The molecule has 0 unspecified atom stereocenters. The Morgan fingerprint density at radius 3 is 2.54 bits per heavy atom. The van der Waals surface area contributed by atoms with Crippen molar-refractivity contribution in [3.05, 3.63) is 12.2 Å². The molecule has 3 fully saturated rings. The van der Waals surface area contributed by atoms with Gasteiger partial charge < -0.3 is 14.8 Å². The Morgan fingerprint density at radius 1 is 1.25 bits per heavy atom. The first kappa shape index (κ1) is 19.3. The van der Waals surface area contributed by atoms with Crippen LogP contribution in [0.4, 0.5) is 4.79 Å². The highest BCUT2D eigenvalue weighted by atomic mass is 16.6. The highest BCUT2D eigenvalue weighted by Crippen LogP contribution is 2.61. The molecule has 0 spiro atoms. The van der Waals surface area contributed by atoms with Crippen LogP contribution in [0.5, 0.6) is 0 Å². The fourth-order valence-electron chi connectivity index (χ4n) is 4.34. The fraction of sp³-hybridized carbons (Fsp3) is 0.850. The van der Waals surface area contributed by atoms with Crippen LogP contribution in [0.15, 0.2) is 12.2 Å². The molecular weight excluding hydrogens is 302 g/mol. The second kappa shape index (κ2) is 7.47. The standard InChI is InChI=1S/C20H35NO3/c1-7-23-11-9-8-10-14-12-15-13-16(20(15,5)6)17(14)21-18(22)24-19(2,3)4/h8-9,14-17H,7,10-13H2,1-6H3,(H,21,22)/b9-8-/t14-,15+,16+,17+/m0/s1. The van der Waals surface area contributed by atoms with Gasteiger partial charge in [0.05, 0.1) is 6.61 Å². The molecule has 3 rings (SSSR count). The number of hydrogen-bond donors (Lipinski definition) is 1. The largest absolute Gasteiger partial charge is 0.444 e. The molecule has 4 nitrogen and oxygen atoms in total. The van der Waals surface area contributed by atoms with Gasteiger partial charge in [0, 0.05) is 12.6 Å². The van der Waals surface area contributed by atoms with Crippen LogP contribution in [0.25, 0.3) is 0 Å². The number of carbonyl (C=O) groups is 1. The van der Waals surface area contributed by atoms with E-state index in [1.54, 1.807) is 0 Å². The first-order valence-electron chi connectivity index (χ1n) is 9.37. The number of nitrogens with one attached hydrogen (secondary N) is 1. The molecule has 138 valence electrons. The lowest BCUT2D eigenvalue weighted by Crippen LogP contribution is -2.63. The van der Waals surface area contributed by atoms with Crippen molar-refractivity contribution >= 4 is 6.09 Å². The molecule has 3 aliphatic rings. The minimum absolute atomic E-state index is 0.205. The maximum Gasteiger partial charge on any atom is 0.407 e. The number of amides is 1. The highest BCUT2D eigenvalue weighted by Gasteiger charge is 2.57. The number of carbonyl (C=O) groups excluding carboxylic acids is 1. The highest BCUT2D eigenvalue weighted by molar-refractivity contribution is 5.68. The van der Waals surface area contributed by atoms with Crippen molar-refractivity contribution in [2.75, 3.05) is 13.2 Å². The van der Waals surface area contributed by atoms with E-state index in [1.807, 2.05) is 27.7 Å². The quantitative estimate of drug-likeness (QED) is 0.571. The summed E-state index contributed by atoms with van der Waals surface area (Å²) in [5.74, 6) is 1.82. The monoisotopic (exact) mass is 337 g/mol. The summed E-state index contributed by atoms with van der Waals surface area (Å²) in [6.45, 7) is 13.8. The van der Waals surface area contributed by atoms with Gasteiger partial charge in [0.15, 0.2) is 0 Å². The van der Waals surface area contributed by atoms with Gasteiger partial charge in [0.2, 0.25) is 0 Å². The zero-order valence-electron chi connectivity index (χ0n) is 16.2. The van der Waals surface area contributed by atoms with Gasteiger partial charge in [-0.2, -0.15) is 0 Å². The molecule has 4 atom stereocenters. The van der Waals surface area contributed by atoms with E-state index in [4.69, 9.17) is 9.47 Å². The molecule has 3 saturated carbocycles. The topological polar surface area (TPSA) is 47.6 Å². The maximum absolute atomic E-state index is 12.3.